The van der Waals surface area contributed by atoms with Crippen LogP contribution in [0.25, 0.3) is 0 Å². The van der Waals surface area contributed by atoms with Crippen LogP contribution in [0, 0.1) is 0 Å². The van der Waals surface area contributed by atoms with Crippen LogP contribution in [0.2, 0.25) is 0 Å². The van der Waals surface area contributed by atoms with E-state index in [0.717, 1.165) is 0 Å². The van der Waals surface area contributed by atoms with E-state index in [1.54, 1.807) is 12.1 Å². The Balaban J connectivity index is 2.07. The van der Waals surface area contributed by atoms with E-state index in [1.165, 1.54) is 12.1 Å². The Morgan fingerprint density at radius 2 is 1.96 bits per heavy atom. The molecule has 1 aliphatic heterocycles. The zero-order valence-corrected chi connectivity index (χ0v) is 14.3. The fourth-order valence-corrected chi connectivity index (χ4v) is 3.26. The summed E-state index contributed by atoms with van der Waals surface area (Å²) in [7, 11) is -3.79. The normalized spacial score (nSPS) is 24.2. The van der Waals surface area contributed by atoms with E-state index in [1.807, 2.05) is 20.8 Å². The largest absolute Gasteiger partial charge is 0.373 e. The highest BCUT2D eigenvalue weighted by Crippen LogP contribution is 2.17. The Hall–Kier alpha value is -1.48. The first-order valence-electron chi connectivity index (χ1n) is 7.50. The molecular formula is C15H23N3O4S. The zero-order valence-electron chi connectivity index (χ0n) is 13.5. The van der Waals surface area contributed by atoms with Crippen LogP contribution in [0.15, 0.2) is 29.2 Å². The van der Waals surface area contributed by atoms with E-state index >= 15 is 0 Å². The van der Waals surface area contributed by atoms with Gasteiger partial charge in [0.25, 0.3) is 0 Å². The Morgan fingerprint density at radius 3 is 2.52 bits per heavy atom. The standard InChI is InChI=1S/C15H23N3O4S/c1-10-8-18(9-11(2)22-10)12(3)15(19)17-13-5-4-6-14(7-13)23(16,20)21/h4-7,10-12H,8-9H2,1-3H3,(H,17,19)(H2,16,20,21)/t10-,11-,12-/m1/s1. The maximum absolute atomic E-state index is 12.4. The van der Waals surface area contributed by atoms with Crippen LogP contribution in [0.3, 0.4) is 0 Å². The number of nitrogens with zero attached hydrogens (tertiary/aromatic N) is 1. The zero-order chi connectivity index (χ0) is 17.2. The second-order valence-corrected chi connectivity index (χ2v) is 7.51. The number of sulfonamides is 1. The van der Waals surface area contributed by atoms with E-state index in [4.69, 9.17) is 9.88 Å². The van der Waals surface area contributed by atoms with Crippen LogP contribution in [0.4, 0.5) is 5.69 Å². The molecule has 1 fully saturated rings. The van der Waals surface area contributed by atoms with Crippen molar-refractivity contribution in [2.75, 3.05) is 18.4 Å². The molecule has 3 N–H and O–H groups in total. The van der Waals surface area contributed by atoms with Gasteiger partial charge in [0.1, 0.15) is 0 Å². The van der Waals surface area contributed by atoms with Gasteiger partial charge in [-0.05, 0) is 39.0 Å². The topological polar surface area (TPSA) is 102 Å². The number of nitrogens with two attached hydrogens (primary N) is 1. The molecule has 7 nitrogen and oxygen atoms in total. The lowest BCUT2D eigenvalue weighted by atomic mass is 10.1. The monoisotopic (exact) mass is 341 g/mol. The predicted octanol–water partition coefficient (Wildman–Crippen LogP) is 0.770. The van der Waals surface area contributed by atoms with Crippen molar-refractivity contribution in [1.82, 2.24) is 4.90 Å². The number of carbonyl (C=O) groups is 1. The molecule has 1 aromatic carbocycles. The first kappa shape index (κ1) is 17.9. The van der Waals surface area contributed by atoms with E-state index in [2.05, 4.69) is 10.2 Å². The fourth-order valence-electron chi connectivity index (χ4n) is 2.70. The number of primary sulfonamides is 1. The van der Waals surface area contributed by atoms with E-state index in [0.29, 0.717) is 18.8 Å². The number of amides is 1. The molecule has 2 rings (SSSR count). The van der Waals surface area contributed by atoms with E-state index < -0.39 is 10.0 Å². The Bertz CT molecular complexity index is 667. The van der Waals surface area contributed by atoms with Crippen molar-refractivity contribution in [2.24, 2.45) is 5.14 Å². The van der Waals surface area contributed by atoms with Gasteiger partial charge in [-0.25, -0.2) is 13.6 Å². The quantitative estimate of drug-likeness (QED) is 0.842. The van der Waals surface area contributed by atoms with Crippen molar-refractivity contribution >= 4 is 21.6 Å². The van der Waals surface area contributed by atoms with Crippen LogP contribution in [-0.4, -0.2) is 50.6 Å². The lowest BCUT2D eigenvalue weighted by Crippen LogP contribution is -2.52. The highest BCUT2D eigenvalue weighted by Gasteiger charge is 2.29. The molecule has 1 amide bonds. The number of rotatable bonds is 4. The lowest BCUT2D eigenvalue weighted by Gasteiger charge is -2.38. The molecule has 0 bridgehead atoms. The number of benzene rings is 1. The highest BCUT2D eigenvalue weighted by molar-refractivity contribution is 7.89. The van der Waals surface area contributed by atoms with Crippen molar-refractivity contribution < 1.29 is 17.9 Å². The van der Waals surface area contributed by atoms with E-state index in [-0.39, 0.29) is 29.1 Å². The van der Waals surface area contributed by atoms with Crippen LogP contribution in [0.5, 0.6) is 0 Å². The second-order valence-electron chi connectivity index (χ2n) is 5.95. The van der Waals surface area contributed by atoms with Gasteiger partial charge in [-0.15, -0.1) is 0 Å². The number of anilines is 1. The van der Waals surface area contributed by atoms with Crippen molar-refractivity contribution in [3.63, 3.8) is 0 Å². The van der Waals surface area contributed by atoms with E-state index in [9.17, 15) is 13.2 Å². The average molecular weight is 341 g/mol. The van der Waals surface area contributed by atoms with Gasteiger partial charge in [0.2, 0.25) is 15.9 Å². The number of nitrogens with one attached hydrogen (secondary N) is 1. The van der Waals surface area contributed by atoms with Gasteiger partial charge in [-0.3, -0.25) is 9.69 Å². The summed E-state index contributed by atoms with van der Waals surface area (Å²) in [6.07, 6.45) is 0.138. The number of hydrogen-bond acceptors (Lipinski definition) is 5. The predicted molar refractivity (Wildman–Crippen MR) is 87.5 cm³/mol. The molecular weight excluding hydrogens is 318 g/mol. The SMILES string of the molecule is C[C@@H]1CN([C@H](C)C(=O)Nc2cccc(S(N)(=O)=O)c2)C[C@@H](C)O1. The molecule has 0 unspecified atom stereocenters. The van der Waals surface area contributed by atoms with Crippen molar-refractivity contribution in [2.45, 2.75) is 43.9 Å². The third kappa shape index (κ3) is 4.74. The van der Waals surface area contributed by atoms with Gasteiger partial charge in [0, 0.05) is 18.8 Å². The first-order chi connectivity index (χ1) is 10.7. The number of hydrogen-bond donors (Lipinski definition) is 2. The molecule has 128 valence electrons. The van der Waals surface area contributed by atoms with Gasteiger partial charge < -0.3 is 10.1 Å². The Morgan fingerprint density at radius 1 is 1.35 bits per heavy atom. The molecule has 0 radical (unpaired) electrons. The lowest BCUT2D eigenvalue weighted by molar-refractivity contribution is -0.126. The number of ether oxygens (including phenoxy) is 1. The molecule has 1 aromatic rings. The molecule has 0 aliphatic carbocycles. The third-order valence-corrected chi connectivity index (χ3v) is 4.72. The Kier molecular flexibility index (Phi) is 5.41. The maximum atomic E-state index is 12.4. The van der Waals surface area contributed by atoms with Gasteiger partial charge in [0.15, 0.2) is 0 Å². The Labute approximate surface area is 136 Å². The summed E-state index contributed by atoms with van der Waals surface area (Å²) >= 11 is 0. The van der Waals surface area contributed by atoms with Crippen LogP contribution in [0.1, 0.15) is 20.8 Å². The van der Waals surface area contributed by atoms with Crippen LogP contribution >= 0.6 is 0 Å². The third-order valence-electron chi connectivity index (χ3n) is 3.81. The van der Waals surface area contributed by atoms with Crippen molar-refractivity contribution in [1.29, 1.82) is 0 Å². The molecule has 23 heavy (non-hydrogen) atoms. The first-order valence-corrected chi connectivity index (χ1v) is 9.04. The molecule has 3 atom stereocenters. The molecule has 1 aliphatic rings. The summed E-state index contributed by atoms with van der Waals surface area (Å²) in [6, 6.07) is 5.56. The highest BCUT2D eigenvalue weighted by atomic mass is 32.2. The van der Waals surface area contributed by atoms with Crippen molar-refractivity contribution in [3.8, 4) is 0 Å². The molecule has 8 heteroatoms. The van der Waals surface area contributed by atoms with Crippen molar-refractivity contribution in [3.05, 3.63) is 24.3 Å². The summed E-state index contributed by atoms with van der Waals surface area (Å²) in [6.45, 7) is 7.13. The summed E-state index contributed by atoms with van der Waals surface area (Å²) in [5.41, 5.74) is 0.405. The molecule has 1 heterocycles. The fraction of sp³-hybridized carbons (Fsp3) is 0.533. The molecule has 0 saturated carbocycles. The van der Waals surface area contributed by atoms with Crippen LogP contribution in [-0.2, 0) is 19.6 Å². The summed E-state index contributed by atoms with van der Waals surface area (Å²) in [5, 5.41) is 7.84. The smallest absolute Gasteiger partial charge is 0.241 e. The van der Waals surface area contributed by atoms with Crippen LogP contribution < -0.4 is 10.5 Å². The molecule has 0 spiro atoms. The maximum Gasteiger partial charge on any atom is 0.241 e. The minimum absolute atomic E-state index is 0.0310. The number of morpholine rings is 1. The minimum Gasteiger partial charge on any atom is -0.373 e. The summed E-state index contributed by atoms with van der Waals surface area (Å²) in [4.78, 5) is 14.4. The number of carbonyl (C=O) groups excluding carboxylic acids is 1. The molecule has 1 saturated heterocycles. The van der Waals surface area contributed by atoms with Gasteiger partial charge in [-0.2, -0.15) is 0 Å². The average Bonchev–Trinajstić information content (AvgIpc) is 2.44. The molecule has 0 aromatic heterocycles. The van der Waals surface area contributed by atoms with Gasteiger partial charge in [-0.1, -0.05) is 6.07 Å². The summed E-state index contributed by atoms with van der Waals surface area (Å²) in [5.74, 6) is -0.196. The second kappa shape index (κ2) is 6.96. The minimum atomic E-state index is -3.79. The van der Waals surface area contributed by atoms with Gasteiger partial charge >= 0.3 is 0 Å². The summed E-state index contributed by atoms with van der Waals surface area (Å²) < 4.78 is 28.4. The van der Waals surface area contributed by atoms with Gasteiger partial charge in [0.05, 0.1) is 23.1 Å².